The lowest BCUT2D eigenvalue weighted by atomic mass is 9.56. The lowest BCUT2D eigenvalue weighted by Crippen LogP contribution is -2.72. The van der Waals surface area contributed by atoms with Crippen LogP contribution in [0.1, 0.15) is 190 Å². The van der Waals surface area contributed by atoms with Gasteiger partial charge in [-0.05, 0) is 196 Å². The van der Waals surface area contributed by atoms with Crippen molar-refractivity contribution < 1.29 is 97.0 Å². The number of carbonyl (C=O) groups excluding carboxylic acids is 8. The number of hydrogen-bond donors (Lipinski definition) is 11. The second-order valence-corrected chi connectivity index (χ2v) is 57.2. The molecule has 4 aliphatic carbocycles. The molecule has 4 aromatic rings. The molecule has 35 heteroatoms. The van der Waals surface area contributed by atoms with Crippen LogP contribution in [0.4, 0.5) is 0 Å². The van der Waals surface area contributed by atoms with Crippen LogP contribution in [-0.4, -0.2) is 217 Å². The molecule has 2 aliphatic heterocycles. The maximum Gasteiger partial charge on any atom is 0.455 e. The number of ether oxygens (including phenoxy) is 3. The van der Waals surface area contributed by atoms with Gasteiger partial charge in [0.1, 0.15) is 50.0 Å². The van der Waals surface area contributed by atoms with Crippen molar-refractivity contribution in [2.75, 3.05) is 17.9 Å². The molecule has 123 heavy (non-hydrogen) atoms. The molecule has 26 nitrogen and oxygen atoms in total. The summed E-state index contributed by atoms with van der Waals surface area (Å²) in [6, 6.07) is 16.4. The van der Waals surface area contributed by atoms with Crippen LogP contribution in [0, 0.1) is 45.3 Å². The average molecular weight is 1830 g/mol. The Morgan fingerprint density at radius 2 is 1.13 bits per heavy atom. The number of halogens is 2. The third-order valence-corrected chi connectivity index (χ3v) is 34.3. The molecule has 10 rings (SSSR count). The van der Waals surface area contributed by atoms with Gasteiger partial charge < -0.3 is 69.2 Å². The summed E-state index contributed by atoms with van der Waals surface area (Å²) in [5.41, 5.74) is -3.04. The molecule has 678 valence electrons. The van der Waals surface area contributed by atoms with Crippen molar-refractivity contribution in [3.05, 3.63) is 132 Å². The molecule has 6 aliphatic rings. The van der Waals surface area contributed by atoms with Gasteiger partial charge in [-0.25, -0.2) is 9.97 Å². The second kappa shape index (κ2) is 44.5. The van der Waals surface area contributed by atoms with Crippen molar-refractivity contribution in [3.63, 3.8) is 0 Å². The molecule has 2 saturated carbocycles. The molecule has 2 saturated heterocycles. The topological polar surface area (TPSA) is 422 Å². The smallest absolute Gasteiger partial charge is 0.455 e. The van der Waals surface area contributed by atoms with Gasteiger partial charge in [0.2, 0.25) is 8.32 Å². The first-order valence-electron chi connectivity index (χ1n) is 43.3. The molecule has 2 aromatic heterocycles. The highest BCUT2D eigenvalue weighted by Crippen LogP contribution is 2.67. The normalized spacial score (nSPS) is 25.2. The maximum absolute atomic E-state index is 13.2. The first kappa shape index (κ1) is 104. The molecule has 4 heterocycles. The number of aliphatic hydroxyl groups excluding tert-OH is 1. The van der Waals surface area contributed by atoms with Gasteiger partial charge in [-0.15, -0.1) is 35.0 Å². The number of nitrogens with one attached hydrogen (secondary N) is 2. The van der Waals surface area contributed by atoms with Gasteiger partial charge >= 0.3 is 26.2 Å². The summed E-state index contributed by atoms with van der Waals surface area (Å²) in [6.45, 7) is 30.9. The molecule has 2 amide bonds. The highest BCUT2D eigenvalue weighted by Gasteiger charge is 2.81. The van der Waals surface area contributed by atoms with Gasteiger partial charge in [0.15, 0.2) is 36.5 Å². The largest absolute Gasteiger partial charge is 0.457 e. The third kappa shape index (κ3) is 27.9. The van der Waals surface area contributed by atoms with Crippen LogP contribution in [0.5, 0.6) is 0 Å². The number of rotatable bonds is 40. The van der Waals surface area contributed by atoms with Gasteiger partial charge in [-0.1, -0.05) is 120 Å². The van der Waals surface area contributed by atoms with E-state index in [1.807, 2.05) is 161 Å². The van der Waals surface area contributed by atoms with Crippen molar-refractivity contribution in [2.45, 2.75) is 293 Å². The number of nitrogens with zero attached hydrogens (tertiary/aromatic N) is 4. The molecule has 0 spiro atoms. The molecular formula is C88H134B2Cl2N6O20SSi4. The van der Waals surface area contributed by atoms with E-state index in [-0.39, 0.29) is 108 Å². The van der Waals surface area contributed by atoms with E-state index in [1.165, 1.54) is 42.7 Å². The fourth-order valence-corrected chi connectivity index (χ4v) is 24.1. The zero-order valence-corrected chi connectivity index (χ0v) is 81.0. The number of esters is 2. The Bertz CT molecular complexity index is 4280. The molecular weight excluding hydrogens is 1700 g/mol. The van der Waals surface area contributed by atoms with E-state index >= 15 is 0 Å². The van der Waals surface area contributed by atoms with E-state index in [0.29, 0.717) is 61.0 Å². The Morgan fingerprint density at radius 1 is 0.634 bits per heavy atom. The molecule has 15 atom stereocenters. The van der Waals surface area contributed by atoms with Gasteiger partial charge in [-0.2, -0.15) is 0 Å². The predicted octanol–water partition coefficient (Wildman–Crippen LogP) is 11.4. The zero-order chi connectivity index (χ0) is 91.7. The predicted molar refractivity (Wildman–Crippen MR) is 489 cm³/mol. The fraction of sp³-hybridized carbons (Fsp3) is 0.636. The molecule has 4 fully saturated rings. The number of allylic oxidation sites excluding steroid dienone is 2. The van der Waals surface area contributed by atoms with Crippen molar-refractivity contribution in [2.24, 2.45) is 45.3 Å². The Hall–Kier alpha value is -5.83. The number of Topliss-reactive ketones (excluding diaryl/α,β-unsaturated/α-hetero) is 4. The monoisotopic (exact) mass is 1830 g/mol. The van der Waals surface area contributed by atoms with E-state index in [9.17, 15) is 82.7 Å². The van der Waals surface area contributed by atoms with Crippen LogP contribution < -0.4 is 15.8 Å². The first-order valence-corrected chi connectivity index (χ1v) is 57.6. The SMILES string of the molecule is CC(C)C[C@H](CC(=O)[C@H](Cc1ccc([Si](C)(C)O)cc1)NC(=O)c1cnccn1)B(O)O.CC(C)C[C@H](CC(=O)[C@H](Cc1ccccc1)NC(=O)c1cncc(SC[Si](C)(C)O)n1)B(O)O.C[C@@]12OC(=O)[C@]1([C@@H](O)[C@]1(C)C=CCCC1)CC(=O)[C@@H]2CC(Cl)CC[Si](C)(C)O.C[C@@]12OC(=O)[C@]1([C@@H](OCCC[Si](C)(C)O)[C@]1(C)C=CCCC1)CC(=O)C2CCCl. The standard InChI is InChI=1S/C23H34BN3O5SSi.C22H32BN3O5Si.C22H35ClO5Si.C21H33ClO5Si/c1-16(2)10-18(24(30)31)12-21(28)19(11-17-8-6-5-7-9-17)27-23(29)20-13-25-14-22(26-20)33-15-34(3,4)32;1-15(2)11-17(23(29)30)13-21(27)19(26-22(28)20-14-24-9-10-25-20)12-16-5-7-18(8-6-16)32(3,4)31;1-20(10-6-5-7-11-20)18(27-13-8-14-29(3,4)26)22-15-17(24)16(9-12-23)21(22,2)28-19(22)25;1-19(9-6-5-7-10-19)17(24)21-13-16(23)15(20(21,2)27-18(21)25)12-14(22)8-11-28(3,4)26/h5-9,13-14,16,18-19,30-32H,10-12,15H2,1-4H3,(H,27,29);5-10,14-15,17,19,29-31H,11-13H2,1-4H3,(H,26,28);6,10,16,18,26H,5,7-9,11-15H2,1-4H3;6,9,14-15,17,24,26H,5,7-8,10-13H2,1-4H3/t18-,19+;17-,19+;16?,18-,20+,21-,22+;14?,15-,17-,19+,20-,21+/m1100/s1. The van der Waals surface area contributed by atoms with Crippen LogP contribution >= 0.6 is 35.0 Å². The number of ketones is 4. The Balaban J connectivity index is 0.000000226. The Morgan fingerprint density at radius 3 is 1.59 bits per heavy atom. The summed E-state index contributed by atoms with van der Waals surface area (Å²) in [4.78, 5) is 160. The number of amides is 2. The van der Waals surface area contributed by atoms with Crippen molar-refractivity contribution >= 4 is 135 Å². The van der Waals surface area contributed by atoms with E-state index in [4.69, 9.17) is 37.4 Å². The summed E-state index contributed by atoms with van der Waals surface area (Å²) >= 11 is 13.8. The molecule has 0 radical (unpaired) electrons. The lowest BCUT2D eigenvalue weighted by molar-refractivity contribution is -0.275. The summed E-state index contributed by atoms with van der Waals surface area (Å²) in [5.74, 6) is -3.80. The number of alkyl halides is 2. The number of benzene rings is 2. The molecule has 0 bridgehead atoms. The quantitative estimate of drug-likeness (QED) is 0.00492. The van der Waals surface area contributed by atoms with Crippen LogP contribution in [0.2, 0.25) is 76.1 Å². The molecule has 2 unspecified atom stereocenters. The highest BCUT2D eigenvalue weighted by atomic mass is 35.5. The average Bonchev–Trinajstić information content (AvgIpc) is 1.53. The van der Waals surface area contributed by atoms with Gasteiger partial charge in [-0.3, -0.25) is 48.3 Å². The molecule has 11 N–H and O–H groups in total. The van der Waals surface area contributed by atoms with E-state index in [2.05, 4.69) is 49.6 Å². The van der Waals surface area contributed by atoms with Crippen molar-refractivity contribution in [3.8, 4) is 0 Å². The van der Waals surface area contributed by atoms with Crippen LogP contribution in [0.25, 0.3) is 0 Å². The van der Waals surface area contributed by atoms with Gasteiger partial charge in [0, 0.05) is 83.8 Å². The number of aromatic nitrogens is 4. The maximum atomic E-state index is 13.2. The second-order valence-electron chi connectivity index (χ2n) is 38.7. The van der Waals surface area contributed by atoms with Gasteiger partial charge in [0.05, 0.1) is 54.7 Å². The number of aliphatic hydroxyl groups is 1. The van der Waals surface area contributed by atoms with Crippen molar-refractivity contribution in [1.82, 2.24) is 30.6 Å². The fourth-order valence-electron chi connectivity index (χ4n) is 18.1. The van der Waals surface area contributed by atoms with Crippen LogP contribution in [-0.2, 0) is 55.8 Å². The lowest BCUT2D eigenvalue weighted by Gasteiger charge is -2.58. The number of fused-ring (bicyclic) bond motifs is 2. The minimum absolute atomic E-state index is 0.0153. The number of thioether (sulfide) groups is 1. The van der Waals surface area contributed by atoms with Crippen LogP contribution in [0.15, 0.2) is 115 Å². The van der Waals surface area contributed by atoms with E-state index in [0.717, 1.165) is 67.3 Å². The molecule has 2 aromatic carbocycles. The summed E-state index contributed by atoms with van der Waals surface area (Å²) < 4.78 is 17.8. The summed E-state index contributed by atoms with van der Waals surface area (Å²) in [5, 5.41) is 57.5. The Kier molecular flexibility index (Phi) is 37.7. The highest BCUT2D eigenvalue weighted by molar-refractivity contribution is 8.00. The number of hydrogen-bond acceptors (Lipinski definition) is 25. The summed E-state index contributed by atoms with van der Waals surface area (Å²) in [6.07, 6.45) is 23.5. The van der Waals surface area contributed by atoms with Crippen molar-refractivity contribution in [1.29, 1.82) is 0 Å². The zero-order valence-electron chi connectivity index (χ0n) is 74.6. The third-order valence-electron chi connectivity index (χ3n) is 24.9. The Labute approximate surface area is 745 Å². The first-order chi connectivity index (χ1) is 57.3. The van der Waals surface area contributed by atoms with E-state index in [1.54, 1.807) is 6.92 Å². The summed E-state index contributed by atoms with van der Waals surface area (Å²) in [7, 11) is -12.3. The number of carbonyl (C=O) groups is 8. The van der Waals surface area contributed by atoms with E-state index < -0.39 is 135 Å². The van der Waals surface area contributed by atoms with Gasteiger partial charge in [0.25, 0.3) is 11.8 Å². The minimum atomic E-state index is -2.45. The van der Waals surface area contributed by atoms with Crippen LogP contribution in [0.3, 0.4) is 0 Å². The minimum Gasteiger partial charge on any atom is -0.457 e.